The molecule has 4 nitrogen and oxygen atoms in total. The lowest BCUT2D eigenvalue weighted by Gasteiger charge is -1.99. The number of benzene rings is 2. The SMILES string of the molecule is O=C(Nc1nnc(CSc2ccccc2)s1)c1ccccc1. The molecule has 110 valence electrons. The highest BCUT2D eigenvalue weighted by Crippen LogP contribution is 2.25. The van der Waals surface area contributed by atoms with Crippen LogP contribution in [0, 0.1) is 0 Å². The molecule has 0 aliphatic rings. The minimum atomic E-state index is -0.168. The van der Waals surface area contributed by atoms with E-state index in [1.54, 1.807) is 23.9 Å². The molecule has 2 aromatic carbocycles. The average Bonchev–Trinajstić information content (AvgIpc) is 3.02. The van der Waals surface area contributed by atoms with Crippen molar-refractivity contribution in [2.75, 3.05) is 5.32 Å². The van der Waals surface area contributed by atoms with E-state index in [1.165, 1.54) is 16.2 Å². The maximum absolute atomic E-state index is 12.0. The Bertz CT molecular complexity index is 744. The zero-order valence-corrected chi connectivity index (χ0v) is 13.2. The Labute approximate surface area is 136 Å². The number of nitrogens with one attached hydrogen (secondary N) is 1. The number of thioether (sulfide) groups is 1. The first-order valence-corrected chi connectivity index (χ1v) is 8.48. The molecule has 0 aliphatic heterocycles. The topological polar surface area (TPSA) is 54.9 Å². The zero-order valence-electron chi connectivity index (χ0n) is 11.6. The molecule has 0 saturated carbocycles. The number of anilines is 1. The Kier molecular flexibility index (Phi) is 4.82. The van der Waals surface area contributed by atoms with Crippen LogP contribution in [-0.2, 0) is 5.75 Å². The third kappa shape index (κ3) is 3.93. The quantitative estimate of drug-likeness (QED) is 0.717. The van der Waals surface area contributed by atoms with Crippen molar-refractivity contribution < 1.29 is 4.79 Å². The first-order valence-electron chi connectivity index (χ1n) is 6.68. The van der Waals surface area contributed by atoms with Crippen LogP contribution in [0.2, 0.25) is 0 Å². The molecular weight excluding hydrogens is 314 g/mol. The maximum Gasteiger partial charge on any atom is 0.257 e. The van der Waals surface area contributed by atoms with E-state index in [1.807, 2.05) is 36.4 Å². The van der Waals surface area contributed by atoms with Gasteiger partial charge in [-0.1, -0.05) is 47.7 Å². The second-order valence-corrected chi connectivity index (χ2v) is 6.53. The second kappa shape index (κ2) is 7.20. The van der Waals surface area contributed by atoms with Crippen LogP contribution in [-0.4, -0.2) is 16.1 Å². The lowest BCUT2D eigenvalue weighted by Crippen LogP contribution is -2.11. The number of carbonyl (C=O) groups is 1. The summed E-state index contributed by atoms with van der Waals surface area (Å²) in [6, 6.07) is 19.2. The fraction of sp³-hybridized carbons (Fsp3) is 0.0625. The first kappa shape index (κ1) is 14.7. The molecule has 1 heterocycles. The van der Waals surface area contributed by atoms with Crippen molar-refractivity contribution in [2.45, 2.75) is 10.6 Å². The second-order valence-electron chi connectivity index (χ2n) is 4.42. The van der Waals surface area contributed by atoms with Gasteiger partial charge in [0.2, 0.25) is 5.13 Å². The number of rotatable bonds is 5. The van der Waals surface area contributed by atoms with Crippen LogP contribution in [0.15, 0.2) is 65.6 Å². The Morgan fingerprint density at radius 1 is 1.00 bits per heavy atom. The van der Waals surface area contributed by atoms with Gasteiger partial charge in [-0.3, -0.25) is 10.1 Å². The van der Waals surface area contributed by atoms with E-state index in [2.05, 4.69) is 27.6 Å². The molecule has 0 aliphatic carbocycles. The van der Waals surface area contributed by atoms with Gasteiger partial charge in [-0.25, -0.2) is 0 Å². The number of amides is 1. The molecule has 1 N–H and O–H groups in total. The Hall–Kier alpha value is -2.18. The van der Waals surface area contributed by atoms with Crippen molar-refractivity contribution in [1.82, 2.24) is 10.2 Å². The van der Waals surface area contributed by atoms with Gasteiger partial charge in [-0.15, -0.1) is 22.0 Å². The van der Waals surface area contributed by atoms with E-state index >= 15 is 0 Å². The van der Waals surface area contributed by atoms with Gasteiger partial charge in [0.25, 0.3) is 5.91 Å². The van der Waals surface area contributed by atoms with Gasteiger partial charge in [-0.2, -0.15) is 0 Å². The third-order valence-electron chi connectivity index (χ3n) is 2.83. The fourth-order valence-electron chi connectivity index (χ4n) is 1.78. The van der Waals surface area contributed by atoms with E-state index in [9.17, 15) is 4.79 Å². The molecule has 1 amide bonds. The summed E-state index contributed by atoms with van der Waals surface area (Å²) in [5, 5.41) is 12.3. The molecule has 22 heavy (non-hydrogen) atoms. The van der Waals surface area contributed by atoms with Crippen LogP contribution < -0.4 is 5.32 Å². The summed E-state index contributed by atoms with van der Waals surface area (Å²) in [6.45, 7) is 0. The molecule has 0 fully saturated rings. The summed E-state index contributed by atoms with van der Waals surface area (Å²) in [7, 11) is 0. The monoisotopic (exact) mass is 327 g/mol. The normalized spacial score (nSPS) is 10.4. The highest BCUT2D eigenvalue weighted by Gasteiger charge is 2.10. The number of nitrogens with zero attached hydrogens (tertiary/aromatic N) is 2. The zero-order chi connectivity index (χ0) is 15.2. The maximum atomic E-state index is 12.0. The summed E-state index contributed by atoms with van der Waals surface area (Å²) >= 11 is 3.10. The molecule has 1 aromatic heterocycles. The number of carbonyl (C=O) groups excluding carboxylic acids is 1. The van der Waals surface area contributed by atoms with Gasteiger partial charge in [0.05, 0.1) is 5.75 Å². The van der Waals surface area contributed by atoms with Gasteiger partial charge < -0.3 is 0 Å². The Morgan fingerprint density at radius 2 is 1.68 bits per heavy atom. The van der Waals surface area contributed by atoms with Gasteiger partial charge >= 0.3 is 0 Å². The van der Waals surface area contributed by atoms with E-state index in [-0.39, 0.29) is 5.91 Å². The summed E-state index contributed by atoms with van der Waals surface area (Å²) in [5.41, 5.74) is 0.609. The van der Waals surface area contributed by atoms with Crippen LogP contribution in [0.25, 0.3) is 0 Å². The molecular formula is C16H13N3OS2. The lowest BCUT2D eigenvalue weighted by molar-refractivity contribution is 0.102. The van der Waals surface area contributed by atoms with Gasteiger partial charge in [0.15, 0.2) is 0 Å². The molecule has 0 unspecified atom stereocenters. The van der Waals surface area contributed by atoms with Crippen molar-refractivity contribution in [3.63, 3.8) is 0 Å². The molecule has 3 aromatic rings. The van der Waals surface area contributed by atoms with Crippen LogP contribution in [0.3, 0.4) is 0 Å². The summed E-state index contributed by atoms with van der Waals surface area (Å²) in [5.74, 6) is 0.571. The molecule has 0 saturated heterocycles. The molecule has 0 radical (unpaired) electrons. The Balaban J connectivity index is 1.58. The summed E-state index contributed by atoms with van der Waals surface area (Å²) < 4.78 is 0. The summed E-state index contributed by atoms with van der Waals surface area (Å²) in [6.07, 6.45) is 0. The van der Waals surface area contributed by atoms with E-state index in [0.717, 1.165) is 10.8 Å². The van der Waals surface area contributed by atoms with Crippen LogP contribution in [0.4, 0.5) is 5.13 Å². The largest absolute Gasteiger partial charge is 0.296 e. The van der Waals surface area contributed by atoms with E-state index < -0.39 is 0 Å². The number of aromatic nitrogens is 2. The standard InChI is InChI=1S/C16H13N3OS2/c20-15(12-7-3-1-4-8-12)17-16-19-18-14(22-16)11-21-13-9-5-2-6-10-13/h1-10H,11H2,(H,17,19,20). The van der Waals surface area contributed by atoms with E-state index in [4.69, 9.17) is 0 Å². The van der Waals surface area contributed by atoms with Crippen molar-refractivity contribution in [2.24, 2.45) is 0 Å². The van der Waals surface area contributed by atoms with E-state index in [0.29, 0.717) is 10.7 Å². The number of hydrogen-bond acceptors (Lipinski definition) is 5. The van der Waals surface area contributed by atoms with Crippen molar-refractivity contribution in [1.29, 1.82) is 0 Å². The van der Waals surface area contributed by atoms with Crippen molar-refractivity contribution >= 4 is 34.1 Å². The molecule has 0 atom stereocenters. The Morgan fingerprint density at radius 3 is 2.41 bits per heavy atom. The van der Waals surface area contributed by atoms with Crippen molar-refractivity contribution in [3.8, 4) is 0 Å². The van der Waals surface area contributed by atoms with Gasteiger partial charge in [0, 0.05) is 10.5 Å². The highest BCUT2D eigenvalue weighted by atomic mass is 32.2. The third-order valence-corrected chi connectivity index (χ3v) is 4.87. The van der Waals surface area contributed by atoms with Gasteiger partial charge in [0.1, 0.15) is 5.01 Å². The molecule has 0 spiro atoms. The predicted octanol–water partition coefficient (Wildman–Crippen LogP) is 4.08. The summed E-state index contributed by atoms with van der Waals surface area (Å²) in [4.78, 5) is 13.2. The first-order chi connectivity index (χ1) is 10.8. The molecule has 6 heteroatoms. The molecule has 3 rings (SSSR count). The smallest absolute Gasteiger partial charge is 0.257 e. The fourth-order valence-corrected chi connectivity index (χ4v) is 3.42. The average molecular weight is 327 g/mol. The van der Waals surface area contributed by atoms with Crippen molar-refractivity contribution in [3.05, 3.63) is 71.2 Å². The number of hydrogen-bond donors (Lipinski definition) is 1. The van der Waals surface area contributed by atoms with Crippen LogP contribution >= 0.6 is 23.1 Å². The lowest BCUT2D eigenvalue weighted by atomic mass is 10.2. The predicted molar refractivity (Wildman–Crippen MR) is 90.3 cm³/mol. The molecule has 0 bridgehead atoms. The minimum absolute atomic E-state index is 0.168. The van der Waals surface area contributed by atoms with Gasteiger partial charge in [-0.05, 0) is 24.3 Å². The van der Waals surface area contributed by atoms with Crippen LogP contribution in [0.1, 0.15) is 15.4 Å². The highest BCUT2D eigenvalue weighted by molar-refractivity contribution is 7.98. The minimum Gasteiger partial charge on any atom is -0.296 e. The van der Waals surface area contributed by atoms with Crippen LogP contribution in [0.5, 0.6) is 0 Å².